The van der Waals surface area contributed by atoms with Crippen molar-refractivity contribution < 1.29 is 17.9 Å². The van der Waals surface area contributed by atoms with Gasteiger partial charge in [0.15, 0.2) is 6.10 Å². The van der Waals surface area contributed by atoms with Gasteiger partial charge in [-0.15, -0.1) is 0 Å². The smallest absolute Gasteiger partial charge is 0.265 e. The summed E-state index contributed by atoms with van der Waals surface area (Å²) in [6.07, 6.45) is -0.734. The zero-order valence-corrected chi connectivity index (χ0v) is 15.5. The Kier molecular flexibility index (Phi) is 5.63. The molecule has 0 saturated carbocycles. The van der Waals surface area contributed by atoms with Crippen LogP contribution in [-0.4, -0.2) is 20.4 Å². The number of carbonyl (C=O) groups is 1. The van der Waals surface area contributed by atoms with E-state index in [1.165, 1.54) is 24.3 Å². The number of carbonyl (C=O) groups excluding carboxylic acids is 1. The molecule has 1 atom stereocenters. The third kappa shape index (κ3) is 4.80. The first-order chi connectivity index (χ1) is 11.2. The van der Waals surface area contributed by atoms with Crippen LogP contribution in [-0.2, 0) is 14.8 Å². The number of amides is 1. The molecule has 0 unspecified atom stereocenters. The molecule has 0 saturated heterocycles. The van der Waals surface area contributed by atoms with Gasteiger partial charge in [-0.05, 0) is 71.7 Å². The number of halogens is 1. The molecule has 1 amide bonds. The van der Waals surface area contributed by atoms with Crippen LogP contribution in [0, 0.1) is 6.92 Å². The van der Waals surface area contributed by atoms with Crippen LogP contribution < -0.4 is 15.2 Å². The van der Waals surface area contributed by atoms with E-state index in [0.717, 1.165) is 10.0 Å². The van der Waals surface area contributed by atoms with Crippen molar-refractivity contribution in [3.8, 4) is 5.75 Å². The van der Waals surface area contributed by atoms with Crippen LogP contribution in [0.15, 0.2) is 51.8 Å². The van der Waals surface area contributed by atoms with Gasteiger partial charge in [0.1, 0.15) is 5.75 Å². The second-order valence-electron chi connectivity index (χ2n) is 5.25. The molecular formula is C16H17BrN2O4S. The Bertz CT molecular complexity index is 851. The first kappa shape index (κ1) is 18.4. The average molecular weight is 413 g/mol. The van der Waals surface area contributed by atoms with Crippen LogP contribution in [0.25, 0.3) is 0 Å². The maximum absolute atomic E-state index is 12.2. The Morgan fingerprint density at radius 2 is 1.83 bits per heavy atom. The molecule has 0 spiro atoms. The minimum absolute atomic E-state index is 0.0200. The highest BCUT2D eigenvalue weighted by Gasteiger charge is 2.16. The summed E-state index contributed by atoms with van der Waals surface area (Å²) >= 11 is 3.39. The molecule has 0 radical (unpaired) electrons. The summed E-state index contributed by atoms with van der Waals surface area (Å²) in [4.78, 5) is 12.2. The number of hydrogen-bond donors (Lipinski definition) is 2. The monoisotopic (exact) mass is 412 g/mol. The fourth-order valence-corrected chi connectivity index (χ4v) is 3.02. The Labute approximate surface area is 149 Å². The molecule has 0 aliphatic rings. The largest absolute Gasteiger partial charge is 0.480 e. The third-order valence-electron chi connectivity index (χ3n) is 3.21. The van der Waals surface area contributed by atoms with E-state index in [9.17, 15) is 13.2 Å². The molecule has 6 nitrogen and oxygen atoms in total. The summed E-state index contributed by atoms with van der Waals surface area (Å²) in [5.74, 6) is 0.207. The fourth-order valence-electron chi connectivity index (χ4n) is 1.92. The Morgan fingerprint density at radius 1 is 1.21 bits per heavy atom. The molecule has 0 fully saturated rings. The van der Waals surface area contributed by atoms with E-state index >= 15 is 0 Å². The predicted octanol–water partition coefficient (Wildman–Crippen LogP) is 2.81. The molecule has 128 valence electrons. The van der Waals surface area contributed by atoms with Crippen molar-refractivity contribution >= 4 is 37.5 Å². The highest BCUT2D eigenvalue weighted by molar-refractivity contribution is 9.10. The van der Waals surface area contributed by atoms with Gasteiger partial charge in [-0.2, -0.15) is 0 Å². The molecule has 0 heterocycles. The molecule has 0 aliphatic heterocycles. The molecule has 0 bridgehead atoms. The zero-order valence-electron chi connectivity index (χ0n) is 13.1. The van der Waals surface area contributed by atoms with E-state index in [1.807, 2.05) is 19.1 Å². The topological polar surface area (TPSA) is 98.5 Å². The van der Waals surface area contributed by atoms with E-state index < -0.39 is 16.1 Å². The summed E-state index contributed by atoms with van der Waals surface area (Å²) in [7, 11) is -3.76. The lowest BCUT2D eigenvalue weighted by atomic mass is 10.2. The van der Waals surface area contributed by atoms with Crippen molar-refractivity contribution in [2.45, 2.75) is 24.8 Å². The summed E-state index contributed by atoms with van der Waals surface area (Å²) in [6.45, 7) is 3.58. The zero-order chi connectivity index (χ0) is 17.9. The number of aryl methyl sites for hydroxylation is 1. The van der Waals surface area contributed by atoms with Gasteiger partial charge in [-0.3, -0.25) is 4.79 Å². The highest BCUT2D eigenvalue weighted by Crippen LogP contribution is 2.26. The molecule has 24 heavy (non-hydrogen) atoms. The number of nitrogens with two attached hydrogens (primary N) is 1. The van der Waals surface area contributed by atoms with Gasteiger partial charge >= 0.3 is 0 Å². The highest BCUT2D eigenvalue weighted by atomic mass is 79.9. The Hall–Kier alpha value is -1.90. The molecular weight excluding hydrogens is 396 g/mol. The second-order valence-corrected chi connectivity index (χ2v) is 7.67. The Balaban J connectivity index is 2.03. The van der Waals surface area contributed by atoms with Crippen molar-refractivity contribution in [3.63, 3.8) is 0 Å². The van der Waals surface area contributed by atoms with Gasteiger partial charge in [0.05, 0.1) is 9.37 Å². The maximum atomic E-state index is 12.2. The molecule has 2 aromatic carbocycles. The van der Waals surface area contributed by atoms with Crippen LogP contribution in [0.5, 0.6) is 5.75 Å². The molecule has 0 aromatic heterocycles. The number of ether oxygens (including phenoxy) is 1. The summed E-state index contributed by atoms with van der Waals surface area (Å²) < 4.78 is 28.8. The van der Waals surface area contributed by atoms with Gasteiger partial charge in [0.25, 0.3) is 5.91 Å². The Morgan fingerprint density at radius 3 is 2.38 bits per heavy atom. The van der Waals surface area contributed by atoms with Crippen molar-refractivity contribution in [2.75, 3.05) is 5.32 Å². The predicted molar refractivity (Wildman–Crippen MR) is 95.4 cm³/mol. The lowest BCUT2D eigenvalue weighted by molar-refractivity contribution is -0.122. The summed E-state index contributed by atoms with van der Waals surface area (Å²) in [5, 5.41) is 7.68. The summed E-state index contributed by atoms with van der Waals surface area (Å²) in [5.41, 5.74) is 1.52. The average Bonchev–Trinajstić information content (AvgIpc) is 2.49. The molecule has 2 aromatic rings. The molecule has 2 rings (SSSR count). The van der Waals surface area contributed by atoms with Crippen LogP contribution in [0.3, 0.4) is 0 Å². The molecule has 3 N–H and O–H groups in total. The lowest BCUT2D eigenvalue weighted by Crippen LogP contribution is -2.30. The van der Waals surface area contributed by atoms with Crippen LogP contribution in [0.2, 0.25) is 0 Å². The minimum Gasteiger partial charge on any atom is -0.480 e. The quantitative estimate of drug-likeness (QED) is 0.788. The lowest BCUT2D eigenvalue weighted by Gasteiger charge is -2.16. The van der Waals surface area contributed by atoms with E-state index in [4.69, 9.17) is 9.88 Å². The van der Waals surface area contributed by atoms with Crippen LogP contribution in [0.1, 0.15) is 12.5 Å². The van der Waals surface area contributed by atoms with Crippen LogP contribution in [0.4, 0.5) is 5.69 Å². The van der Waals surface area contributed by atoms with Gasteiger partial charge in [0.2, 0.25) is 10.0 Å². The normalized spacial score (nSPS) is 12.5. The van der Waals surface area contributed by atoms with Gasteiger partial charge < -0.3 is 10.1 Å². The second kappa shape index (κ2) is 7.33. The fraction of sp³-hybridized carbons (Fsp3) is 0.188. The van der Waals surface area contributed by atoms with Crippen molar-refractivity contribution in [1.82, 2.24) is 0 Å². The third-order valence-corrected chi connectivity index (χ3v) is 4.76. The number of hydrogen-bond acceptors (Lipinski definition) is 4. The van der Waals surface area contributed by atoms with Crippen LogP contribution >= 0.6 is 15.9 Å². The van der Waals surface area contributed by atoms with E-state index in [-0.39, 0.29) is 10.8 Å². The van der Waals surface area contributed by atoms with Gasteiger partial charge in [-0.25, -0.2) is 13.6 Å². The molecule has 0 aliphatic carbocycles. The van der Waals surface area contributed by atoms with Crippen molar-refractivity contribution in [3.05, 3.63) is 52.5 Å². The van der Waals surface area contributed by atoms with Gasteiger partial charge in [-0.1, -0.05) is 6.07 Å². The number of nitrogens with one attached hydrogen (secondary N) is 1. The van der Waals surface area contributed by atoms with Gasteiger partial charge in [0, 0.05) is 5.69 Å². The number of anilines is 1. The van der Waals surface area contributed by atoms with E-state index in [1.54, 1.807) is 13.0 Å². The minimum atomic E-state index is -3.76. The number of benzene rings is 2. The van der Waals surface area contributed by atoms with Crippen molar-refractivity contribution in [1.29, 1.82) is 0 Å². The van der Waals surface area contributed by atoms with Crippen molar-refractivity contribution in [2.24, 2.45) is 5.14 Å². The number of rotatable bonds is 5. The molecule has 8 heteroatoms. The summed E-state index contributed by atoms with van der Waals surface area (Å²) in [6, 6.07) is 11.1. The first-order valence-electron chi connectivity index (χ1n) is 7.03. The van der Waals surface area contributed by atoms with E-state index in [2.05, 4.69) is 21.2 Å². The maximum Gasteiger partial charge on any atom is 0.265 e. The number of sulfonamides is 1. The first-order valence-corrected chi connectivity index (χ1v) is 9.37. The standard InChI is InChI=1S/C16H17BrN2O4S/c1-10-3-8-15(14(17)9-10)23-11(2)16(20)19-12-4-6-13(7-5-12)24(18,21)22/h3-9,11H,1-2H3,(H,19,20)(H2,18,21,22)/t11-/m0/s1. The van der Waals surface area contributed by atoms with E-state index in [0.29, 0.717) is 11.4 Å². The number of primary sulfonamides is 1. The SMILES string of the molecule is Cc1ccc(O[C@@H](C)C(=O)Nc2ccc(S(N)(=O)=O)cc2)c(Br)c1.